The van der Waals surface area contributed by atoms with Crippen LogP contribution in [0.4, 0.5) is 0 Å². The summed E-state index contributed by atoms with van der Waals surface area (Å²) in [6.07, 6.45) is 2.43. The van der Waals surface area contributed by atoms with Gasteiger partial charge in [-0.3, -0.25) is 9.69 Å². The van der Waals surface area contributed by atoms with Gasteiger partial charge in [-0.25, -0.2) is 0 Å². The minimum absolute atomic E-state index is 0.103. The number of carbonyl (C=O) groups excluding carboxylic acids is 1. The van der Waals surface area contributed by atoms with Crippen LogP contribution in [0.15, 0.2) is 29.8 Å². The van der Waals surface area contributed by atoms with Gasteiger partial charge in [0.25, 0.3) is 5.91 Å². The van der Waals surface area contributed by atoms with E-state index in [1.54, 1.807) is 25.3 Å². The molecule has 0 aliphatic carbocycles. The van der Waals surface area contributed by atoms with Crippen LogP contribution >= 0.6 is 0 Å². The third-order valence-electron chi connectivity index (χ3n) is 3.83. The van der Waals surface area contributed by atoms with Gasteiger partial charge in [0.05, 0.1) is 20.3 Å². The van der Waals surface area contributed by atoms with Crippen molar-refractivity contribution < 1.29 is 14.3 Å². The molecule has 1 N–H and O–H groups in total. The monoisotopic (exact) mass is 329 g/mol. The summed E-state index contributed by atoms with van der Waals surface area (Å²) < 4.78 is 10.4. The Hall–Kier alpha value is -2.36. The van der Waals surface area contributed by atoms with Gasteiger partial charge in [0.15, 0.2) is 0 Å². The van der Waals surface area contributed by atoms with E-state index in [0.717, 1.165) is 50.6 Å². The van der Waals surface area contributed by atoms with E-state index in [2.05, 4.69) is 10.2 Å². The smallest absolute Gasteiger partial charge is 0.261 e. The van der Waals surface area contributed by atoms with Crippen molar-refractivity contribution >= 4 is 12.0 Å². The molecule has 0 bridgehead atoms. The number of rotatable bonds is 7. The van der Waals surface area contributed by atoms with Gasteiger partial charge in [0, 0.05) is 19.6 Å². The molecule has 1 aromatic rings. The van der Waals surface area contributed by atoms with Crippen LogP contribution < -0.4 is 10.1 Å². The summed E-state index contributed by atoms with van der Waals surface area (Å²) >= 11 is 0. The first-order valence-electron chi connectivity index (χ1n) is 8.07. The second kappa shape index (κ2) is 9.71. The van der Waals surface area contributed by atoms with E-state index in [-0.39, 0.29) is 11.5 Å². The lowest BCUT2D eigenvalue weighted by Crippen LogP contribution is -2.38. The summed E-state index contributed by atoms with van der Waals surface area (Å²) in [5.74, 6) is 0.397. The first-order valence-corrected chi connectivity index (χ1v) is 8.07. The second-order valence-corrected chi connectivity index (χ2v) is 5.51. The van der Waals surface area contributed by atoms with Crippen molar-refractivity contribution in [3.05, 3.63) is 35.4 Å². The first kappa shape index (κ1) is 18.0. The van der Waals surface area contributed by atoms with Gasteiger partial charge in [-0.2, -0.15) is 5.26 Å². The minimum atomic E-state index is -0.338. The van der Waals surface area contributed by atoms with Crippen molar-refractivity contribution in [2.45, 2.75) is 6.42 Å². The van der Waals surface area contributed by atoms with Gasteiger partial charge >= 0.3 is 0 Å². The SMILES string of the molecule is COc1ccc(/C=C(/C#N)C(=O)NCCCN2CCOCC2)cc1. The molecule has 0 atom stereocenters. The molecule has 6 nitrogen and oxygen atoms in total. The fraction of sp³-hybridized carbons (Fsp3) is 0.444. The van der Waals surface area contributed by atoms with Crippen molar-refractivity contribution in [2.24, 2.45) is 0 Å². The molecule has 6 heteroatoms. The van der Waals surface area contributed by atoms with Crippen molar-refractivity contribution in [3.63, 3.8) is 0 Å². The highest BCUT2D eigenvalue weighted by Gasteiger charge is 2.11. The molecule has 24 heavy (non-hydrogen) atoms. The van der Waals surface area contributed by atoms with Crippen molar-refractivity contribution in [3.8, 4) is 11.8 Å². The van der Waals surface area contributed by atoms with Crippen LogP contribution in [-0.4, -0.2) is 57.3 Å². The number of hydrogen-bond acceptors (Lipinski definition) is 5. The fourth-order valence-corrected chi connectivity index (χ4v) is 2.44. The number of nitriles is 1. The molecule has 2 rings (SSSR count). The Morgan fingerprint density at radius 3 is 2.71 bits per heavy atom. The number of morpholine rings is 1. The standard InChI is InChI=1S/C18H23N3O3/c1-23-17-5-3-15(4-6-17)13-16(14-19)18(22)20-7-2-8-21-9-11-24-12-10-21/h3-6,13H,2,7-12H2,1H3,(H,20,22)/b16-13-. The van der Waals surface area contributed by atoms with Gasteiger partial charge in [-0.05, 0) is 36.7 Å². The molecular formula is C18H23N3O3. The Morgan fingerprint density at radius 1 is 1.38 bits per heavy atom. The number of benzene rings is 1. The molecule has 0 radical (unpaired) electrons. The largest absolute Gasteiger partial charge is 0.497 e. The molecule has 1 aromatic carbocycles. The van der Waals surface area contributed by atoms with Gasteiger partial charge in [0.2, 0.25) is 0 Å². The number of ether oxygens (including phenoxy) is 2. The first-order chi connectivity index (χ1) is 11.7. The predicted octanol–water partition coefficient (Wildman–Crippen LogP) is 1.44. The Labute approximate surface area is 142 Å². The number of nitrogens with one attached hydrogen (secondary N) is 1. The summed E-state index contributed by atoms with van der Waals surface area (Å²) in [6.45, 7) is 4.90. The average Bonchev–Trinajstić information content (AvgIpc) is 2.64. The maximum Gasteiger partial charge on any atom is 0.261 e. The van der Waals surface area contributed by atoms with Crippen molar-refractivity contribution in [1.29, 1.82) is 5.26 Å². The van der Waals surface area contributed by atoms with E-state index in [4.69, 9.17) is 9.47 Å². The van der Waals surface area contributed by atoms with Crippen LogP contribution in [0.5, 0.6) is 5.75 Å². The molecule has 0 spiro atoms. The topological polar surface area (TPSA) is 74.6 Å². The molecule has 1 saturated heterocycles. The number of hydrogen-bond donors (Lipinski definition) is 1. The number of methoxy groups -OCH3 is 1. The van der Waals surface area contributed by atoms with E-state index in [9.17, 15) is 10.1 Å². The third-order valence-corrected chi connectivity index (χ3v) is 3.83. The fourth-order valence-electron chi connectivity index (χ4n) is 2.44. The van der Waals surface area contributed by atoms with Crippen LogP contribution in [0.3, 0.4) is 0 Å². The highest BCUT2D eigenvalue weighted by Crippen LogP contribution is 2.13. The van der Waals surface area contributed by atoms with Crippen LogP contribution in [0.25, 0.3) is 6.08 Å². The molecule has 0 unspecified atom stereocenters. The molecule has 1 aliphatic rings. The normalized spacial score (nSPS) is 15.6. The summed E-state index contributed by atoms with van der Waals surface area (Å²) in [7, 11) is 1.59. The molecular weight excluding hydrogens is 306 g/mol. The van der Waals surface area contributed by atoms with Crippen LogP contribution in [0.1, 0.15) is 12.0 Å². The summed E-state index contributed by atoms with van der Waals surface area (Å²) in [5.41, 5.74) is 0.891. The van der Waals surface area contributed by atoms with E-state index in [0.29, 0.717) is 6.54 Å². The van der Waals surface area contributed by atoms with Gasteiger partial charge < -0.3 is 14.8 Å². The van der Waals surface area contributed by atoms with E-state index in [1.165, 1.54) is 0 Å². The average molecular weight is 329 g/mol. The maximum absolute atomic E-state index is 12.1. The number of carbonyl (C=O) groups is 1. The highest BCUT2D eigenvalue weighted by atomic mass is 16.5. The van der Waals surface area contributed by atoms with E-state index < -0.39 is 0 Å². The minimum Gasteiger partial charge on any atom is -0.497 e. The molecule has 1 heterocycles. The van der Waals surface area contributed by atoms with Crippen LogP contribution in [-0.2, 0) is 9.53 Å². The Balaban J connectivity index is 1.79. The van der Waals surface area contributed by atoms with Crippen LogP contribution in [0.2, 0.25) is 0 Å². The summed E-state index contributed by atoms with van der Waals surface area (Å²) in [4.78, 5) is 14.4. The maximum atomic E-state index is 12.1. The predicted molar refractivity (Wildman–Crippen MR) is 91.5 cm³/mol. The molecule has 1 amide bonds. The Kier molecular flexibility index (Phi) is 7.27. The summed E-state index contributed by atoms with van der Waals surface area (Å²) in [6, 6.07) is 9.16. The van der Waals surface area contributed by atoms with E-state index >= 15 is 0 Å². The second-order valence-electron chi connectivity index (χ2n) is 5.51. The molecule has 0 saturated carbocycles. The zero-order valence-corrected chi connectivity index (χ0v) is 14.0. The van der Waals surface area contributed by atoms with Gasteiger partial charge in [-0.15, -0.1) is 0 Å². The van der Waals surface area contributed by atoms with Crippen molar-refractivity contribution in [1.82, 2.24) is 10.2 Å². The van der Waals surface area contributed by atoms with Crippen LogP contribution in [0, 0.1) is 11.3 Å². The Bertz CT molecular complexity index is 599. The highest BCUT2D eigenvalue weighted by molar-refractivity contribution is 6.01. The quantitative estimate of drug-likeness (QED) is 0.465. The Morgan fingerprint density at radius 2 is 2.08 bits per heavy atom. The number of amides is 1. The third kappa shape index (κ3) is 5.69. The lowest BCUT2D eigenvalue weighted by atomic mass is 10.1. The number of nitrogens with zero attached hydrogens (tertiary/aromatic N) is 2. The van der Waals surface area contributed by atoms with Gasteiger partial charge in [0.1, 0.15) is 17.4 Å². The lowest BCUT2D eigenvalue weighted by Gasteiger charge is -2.26. The molecule has 0 aromatic heterocycles. The zero-order valence-electron chi connectivity index (χ0n) is 14.0. The van der Waals surface area contributed by atoms with Crippen molar-refractivity contribution in [2.75, 3.05) is 46.5 Å². The lowest BCUT2D eigenvalue weighted by molar-refractivity contribution is -0.117. The molecule has 128 valence electrons. The summed E-state index contributed by atoms with van der Waals surface area (Å²) in [5, 5.41) is 12.0. The van der Waals surface area contributed by atoms with Gasteiger partial charge in [-0.1, -0.05) is 12.1 Å². The molecule has 1 aliphatic heterocycles. The molecule has 1 fully saturated rings. The van der Waals surface area contributed by atoms with E-state index in [1.807, 2.05) is 18.2 Å². The zero-order chi connectivity index (χ0) is 17.2.